The summed E-state index contributed by atoms with van der Waals surface area (Å²) in [5, 5.41) is 12.1. The van der Waals surface area contributed by atoms with E-state index in [4.69, 9.17) is 5.11 Å². The first-order chi connectivity index (χ1) is 9.79. The number of rotatable bonds is 7. The molecule has 1 aliphatic rings. The lowest BCUT2D eigenvalue weighted by Crippen LogP contribution is -2.31. The van der Waals surface area contributed by atoms with E-state index in [-0.39, 0.29) is 16.9 Å². The van der Waals surface area contributed by atoms with E-state index in [9.17, 15) is 13.2 Å². The summed E-state index contributed by atoms with van der Waals surface area (Å²) in [7, 11) is -3.52. The average Bonchev–Trinajstić information content (AvgIpc) is 3.18. The third-order valence-electron chi connectivity index (χ3n) is 3.24. The summed E-state index contributed by atoms with van der Waals surface area (Å²) in [5.41, 5.74) is 0.609. The van der Waals surface area contributed by atoms with Gasteiger partial charge in [-0.2, -0.15) is 0 Å². The van der Waals surface area contributed by atoms with Crippen molar-refractivity contribution in [3.8, 4) is 0 Å². The van der Waals surface area contributed by atoms with Crippen molar-refractivity contribution in [2.75, 3.05) is 5.32 Å². The van der Waals surface area contributed by atoms with Crippen LogP contribution in [0.15, 0.2) is 29.2 Å². The maximum Gasteiger partial charge on any atom is 0.326 e. The minimum Gasteiger partial charge on any atom is -0.480 e. The van der Waals surface area contributed by atoms with Crippen molar-refractivity contribution in [3.63, 3.8) is 0 Å². The predicted molar refractivity (Wildman–Crippen MR) is 79.7 cm³/mol. The highest BCUT2D eigenvalue weighted by Gasteiger charge is 2.36. The molecule has 0 aromatic heterocycles. The number of hydrogen-bond acceptors (Lipinski definition) is 4. The molecule has 0 heterocycles. The third-order valence-corrected chi connectivity index (χ3v) is 4.91. The molecule has 0 aliphatic heterocycles. The maximum absolute atomic E-state index is 12.0. The Morgan fingerprint density at radius 1 is 1.24 bits per heavy atom. The number of nitrogens with one attached hydrogen (secondary N) is 2. The minimum absolute atomic E-state index is 0.161. The first-order valence-electron chi connectivity index (χ1n) is 6.91. The van der Waals surface area contributed by atoms with Crippen LogP contribution in [-0.4, -0.2) is 31.6 Å². The van der Waals surface area contributed by atoms with E-state index in [1.807, 2.05) is 0 Å². The summed E-state index contributed by atoms with van der Waals surface area (Å²) in [5.74, 6) is -0.718. The van der Waals surface area contributed by atoms with E-state index < -0.39 is 22.0 Å². The zero-order valence-electron chi connectivity index (χ0n) is 12.0. The molecule has 116 valence electrons. The van der Waals surface area contributed by atoms with E-state index >= 15 is 0 Å². The molecule has 0 bridgehead atoms. The van der Waals surface area contributed by atoms with Crippen molar-refractivity contribution in [1.82, 2.24) is 4.72 Å². The van der Waals surface area contributed by atoms with Crippen LogP contribution >= 0.6 is 0 Å². The van der Waals surface area contributed by atoms with Gasteiger partial charge in [0.1, 0.15) is 6.04 Å². The van der Waals surface area contributed by atoms with Crippen LogP contribution in [0.3, 0.4) is 0 Å². The van der Waals surface area contributed by atoms with Gasteiger partial charge in [-0.05, 0) is 56.9 Å². The molecule has 1 fully saturated rings. The summed E-state index contributed by atoms with van der Waals surface area (Å²) in [6.45, 7) is 3.50. The largest absolute Gasteiger partial charge is 0.480 e. The summed E-state index contributed by atoms with van der Waals surface area (Å²) >= 11 is 0. The van der Waals surface area contributed by atoms with Crippen LogP contribution in [0.25, 0.3) is 0 Å². The van der Waals surface area contributed by atoms with Crippen molar-refractivity contribution in [3.05, 3.63) is 24.3 Å². The number of hydrogen-bond donors (Lipinski definition) is 3. The lowest BCUT2D eigenvalue weighted by molar-refractivity contribution is -0.138. The van der Waals surface area contributed by atoms with Crippen LogP contribution in [0.1, 0.15) is 26.7 Å². The number of benzene rings is 1. The van der Waals surface area contributed by atoms with Gasteiger partial charge in [0.15, 0.2) is 0 Å². The molecule has 2 rings (SSSR count). The van der Waals surface area contributed by atoms with E-state index in [0.717, 1.165) is 12.8 Å². The summed E-state index contributed by atoms with van der Waals surface area (Å²) in [6.07, 6.45) is 1.82. The van der Waals surface area contributed by atoms with Crippen LogP contribution in [0, 0.1) is 5.92 Å². The van der Waals surface area contributed by atoms with Gasteiger partial charge in [0.25, 0.3) is 0 Å². The molecule has 1 unspecified atom stereocenters. The third kappa shape index (κ3) is 4.18. The number of carboxylic acid groups (broad SMARTS) is 1. The number of anilines is 1. The smallest absolute Gasteiger partial charge is 0.326 e. The molecule has 0 saturated heterocycles. The van der Waals surface area contributed by atoms with Crippen LogP contribution in [0.5, 0.6) is 0 Å². The van der Waals surface area contributed by atoms with Crippen molar-refractivity contribution < 1.29 is 18.3 Å². The molecular weight excluding hydrogens is 292 g/mol. The molecule has 1 aromatic rings. The Labute approximate surface area is 124 Å². The van der Waals surface area contributed by atoms with Crippen molar-refractivity contribution in [2.45, 2.75) is 43.7 Å². The quantitative estimate of drug-likeness (QED) is 0.711. The van der Waals surface area contributed by atoms with Crippen molar-refractivity contribution in [2.24, 2.45) is 5.92 Å². The lowest BCUT2D eigenvalue weighted by atomic mass is 10.1. The standard InChI is InChI=1S/C14H20N2O4S/c1-9(2)16-21(19,20)12-7-5-11(6-8-12)15-13(14(17)18)10-3-4-10/h5-10,13,15-16H,3-4H2,1-2H3,(H,17,18). The first kappa shape index (κ1) is 15.8. The van der Waals surface area contributed by atoms with Gasteiger partial charge in [-0.15, -0.1) is 0 Å². The van der Waals surface area contributed by atoms with Crippen LogP contribution in [0.4, 0.5) is 5.69 Å². The lowest BCUT2D eigenvalue weighted by Gasteiger charge is -2.15. The van der Waals surface area contributed by atoms with Crippen molar-refractivity contribution in [1.29, 1.82) is 0 Å². The van der Waals surface area contributed by atoms with Crippen LogP contribution < -0.4 is 10.0 Å². The van der Waals surface area contributed by atoms with Gasteiger partial charge >= 0.3 is 5.97 Å². The Morgan fingerprint density at radius 3 is 2.24 bits per heavy atom. The fraction of sp³-hybridized carbons (Fsp3) is 0.500. The summed E-state index contributed by atoms with van der Waals surface area (Å²) in [4.78, 5) is 11.3. The van der Waals surface area contributed by atoms with Crippen LogP contribution in [-0.2, 0) is 14.8 Å². The van der Waals surface area contributed by atoms with Gasteiger partial charge in [0, 0.05) is 11.7 Å². The second-order valence-corrected chi connectivity index (χ2v) is 7.31. The molecule has 1 saturated carbocycles. The Hall–Kier alpha value is -1.60. The van der Waals surface area contributed by atoms with Gasteiger partial charge < -0.3 is 10.4 Å². The Bertz CT molecular complexity index is 606. The second-order valence-electron chi connectivity index (χ2n) is 5.60. The Balaban J connectivity index is 2.10. The van der Waals surface area contributed by atoms with E-state index in [1.165, 1.54) is 12.1 Å². The molecule has 0 amide bonds. The van der Waals surface area contributed by atoms with Crippen LogP contribution in [0.2, 0.25) is 0 Å². The summed E-state index contributed by atoms with van der Waals surface area (Å²) in [6, 6.07) is 5.33. The molecule has 6 nitrogen and oxygen atoms in total. The van der Waals surface area contributed by atoms with Gasteiger partial charge in [-0.1, -0.05) is 0 Å². The zero-order chi connectivity index (χ0) is 15.6. The fourth-order valence-electron chi connectivity index (χ4n) is 2.10. The van der Waals surface area contributed by atoms with Gasteiger partial charge in [-0.3, -0.25) is 0 Å². The van der Waals surface area contributed by atoms with Gasteiger partial charge in [-0.25, -0.2) is 17.9 Å². The van der Waals surface area contributed by atoms with E-state index in [2.05, 4.69) is 10.0 Å². The molecule has 21 heavy (non-hydrogen) atoms. The molecule has 1 aromatic carbocycles. The number of carbonyl (C=O) groups is 1. The monoisotopic (exact) mass is 312 g/mol. The van der Waals surface area contributed by atoms with Gasteiger partial charge in [0.05, 0.1) is 4.90 Å². The SMILES string of the molecule is CC(C)NS(=O)(=O)c1ccc(NC(C(=O)O)C2CC2)cc1. The second kappa shape index (κ2) is 6.03. The molecule has 7 heteroatoms. The Morgan fingerprint density at radius 2 is 1.81 bits per heavy atom. The van der Waals surface area contributed by atoms with E-state index in [1.54, 1.807) is 26.0 Å². The zero-order valence-corrected chi connectivity index (χ0v) is 12.9. The first-order valence-corrected chi connectivity index (χ1v) is 8.39. The molecule has 0 radical (unpaired) electrons. The Kier molecular flexibility index (Phi) is 4.53. The highest BCUT2D eigenvalue weighted by Crippen LogP contribution is 2.34. The topological polar surface area (TPSA) is 95.5 Å². The predicted octanol–water partition coefficient (Wildman–Crippen LogP) is 1.65. The van der Waals surface area contributed by atoms with Crippen molar-refractivity contribution >= 4 is 21.7 Å². The number of aliphatic carboxylic acids is 1. The number of carboxylic acids is 1. The highest BCUT2D eigenvalue weighted by molar-refractivity contribution is 7.89. The van der Waals surface area contributed by atoms with Gasteiger partial charge in [0.2, 0.25) is 10.0 Å². The molecule has 3 N–H and O–H groups in total. The normalized spacial score (nSPS) is 16.7. The molecule has 1 aliphatic carbocycles. The summed E-state index contributed by atoms with van der Waals surface area (Å²) < 4.78 is 26.5. The average molecular weight is 312 g/mol. The number of sulfonamides is 1. The fourth-order valence-corrected chi connectivity index (χ4v) is 3.35. The molecular formula is C14H20N2O4S. The molecule has 1 atom stereocenters. The maximum atomic E-state index is 12.0. The molecule has 0 spiro atoms. The highest BCUT2D eigenvalue weighted by atomic mass is 32.2. The minimum atomic E-state index is -3.52. The van der Waals surface area contributed by atoms with E-state index in [0.29, 0.717) is 5.69 Å².